The smallest absolute Gasteiger partial charge is 0.246 e. The number of benzene rings is 1. The molecule has 0 radical (unpaired) electrons. The fourth-order valence-electron chi connectivity index (χ4n) is 3.71. The van der Waals surface area contributed by atoms with E-state index >= 15 is 0 Å². The van der Waals surface area contributed by atoms with Gasteiger partial charge in [0.1, 0.15) is 6.54 Å². The molecule has 1 aliphatic heterocycles. The summed E-state index contributed by atoms with van der Waals surface area (Å²) in [5.41, 5.74) is 1.55. The standard InChI is InChI=1S/C17H18N4O3/c22-14(20-17-18-12-7-3-4-8-13(12)19-17)9-21-15(23)10-5-1-2-6-11(10)16(21)24/h3-4,7-8,10-11H,1-2,5-6,9H2,(H2,18,19,20,22)/t10-,11-/m1/s1. The molecule has 2 heterocycles. The van der Waals surface area contributed by atoms with Gasteiger partial charge in [-0.2, -0.15) is 0 Å². The average molecular weight is 326 g/mol. The second kappa shape index (κ2) is 5.74. The molecule has 0 bridgehead atoms. The number of imidazole rings is 1. The molecule has 2 atom stereocenters. The molecule has 1 saturated carbocycles. The van der Waals surface area contributed by atoms with E-state index in [9.17, 15) is 14.4 Å². The lowest BCUT2D eigenvalue weighted by Gasteiger charge is -2.19. The van der Waals surface area contributed by atoms with E-state index in [0.717, 1.165) is 41.6 Å². The molecule has 1 aromatic carbocycles. The number of amides is 3. The summed E-state index contributed by atoms with van der Waals surface area (Å²) >= 11 is 0. The number of hydrogen-bond donors (Lipinski definition) is 2. The molecule has 0 unspecified atom stereocenters. The van der Waals surface area contributed by atoms with Crippen molar-refractivity contribution in [3.05, 3.63) is 24.3 Å². The summed E-state index contributed by atoms with van der Waals surface area (Å²) in [4.78, 5) is 45.3. The molecule has 24 heavy (non-hydrogen) atoms. The number of nitrogens with one attached hydrogen (secondary N) is 2. The van der Waals surface area contributed by atoms with E-state index < -0.39 is 5.91 Å². The molecular formula is C17H18N4O3. The van der Waals surface area contributed by atoms with E-state index in [2.05, 4.69) is 15.3 Å². The van der Waals surface area contributed by atoms with Gasteiger partial charge in [-0.25, -0.2) is 4.98 Å². The monoisotopic (exact) mass is 326 g/mol. The number of fused-ring (bicyclic) bond motifs is 2. The van der Waals surface area contributed by atoms with Crippen molar-refractivity contribution in [1.29, 1.82) is 0 Å². The Balaban J connectivity index is 1.45. The predicted molar refractivity (Wildman–Crippen MR) is 86.9 cm³/mol. The zero-order valence-electron chi connectivity index (χ0n) is 13.1. The SMILES string of the molecule is O=C(CN1C(=O)[C@@H]2CCCC[C@H]2C1=O)Nc1nc2ccccc2[nH]1. The fourth-order valence-corrected chi connectivity index (χ4v) is 3.71. The maximum Gasteiger partial charge on any atom is 0.246 e. The van der Waals surface area contributed by atoms with Gasteiger partial charge in [-0.3, -0.25) is 24.6 Å². The van der Waals surface area contributed by atoms with Crippen LogP contribution in [0.25, 0.3) is 11.0 Å². The highest BCUT2D eigenvalue weighted by molar-refractivity contribution is 6.08. The Kier molecular flexibility index (Phi) is 3.55. The molecule has 2 fully saturated rings. The number of rotatable bonds is 3. The Bertz CT molecular complexity index is 771. The first-order chi connectivity index (χ1) is 11.6. The van der Waals surface area contributed by atoms with Gasteiger partial charge in [-0.1, -0.05) is 25.0 Å². The van der Waals surface area contributed by atoms with Crippen molar-refractivity contribution in [3.8, 4) is 0 Å². The van der Waals surface area contributed by atoms with E-state index in [1.165, 1.54) is 0 Å². The minimum Gasteiger partial charge on any atom is -0.324 e. The van der Waals surface area contributed by atoms with Crippen LogP contribution in [0.5, 0.6) is 0 Å². The number of nitrogens with zero attached hydrogens (tertiary/aromatic N) is 2. The molecular weight excluding hydrogens is 308 g/mol. The fraction of sp³-hybridized carbons (Fsp3) is 0.412. The third-order valence-corrected chi connectivity index (χ3v) is 4.88. The van der Waals surface area contributed by atoms with Gasteiger partial charge in [0.2, 0.25) is 23.7 Å². The summed E-state index contributed by atoms with van der Waals surface area (Å²) in [6.45, 7) is -0.248. The van der Waals surface area contributed by atoms with Crippen LogP contribution in [0.3, 0.4) is 0 Å². The molecule has 0 spiro atoms. The topological polar surface area (TPSA) is 95.2 Å². The van der Waals surface area contributed by atoms with E-state index in [1.807, 2.05) is 24.3 Å². The first-order valence-corrected chi connectivity index (χ1v) is 8.23. The first kappa shape index (κ1) is 14.9. The van der Waals surface area contributed by atoms with Gasteiger partial charge in [0.05, 0.1) is 22.9 Å². The number of hydrogen-bond acceptors (Lipinski definition) is 4. The molecule has 1 aliphatic carbocycles. The van der Waals surface area contributed by atoms with Gasteiger partial charge in [-0.05, 0) is 25.0 Å². The highest BCUT2D eigenvalue weighted by atomic mass is 16.2. The van der Waals surface area contributed by atoms with Crippen LogP contribution in [0, 0.1) is 11.8 Å². The van der Waals surface area contributed by atoms with Crippen LogP contribution in [0.15, 0.2) is 24.3 Å². The van der Waals surface area contributed by atoms with Gasteiger partial charge in [0.15, 0.2) is 0 Å². The molecule has 124 valence electrons. The van der Waals surface area contributed by atoms with Gasteiger partial charge in [-0.15, -0.1) is 0 Å². The number of para-hydroxylation sites is 2. The van der Waals surface area contributed by atoms with Crippen LogP contribution < -0.4 is 5.32 Å². The Morgan fingerprint density at radius 2 is 1.83 bits per heavy atom. The van der Waals surface area contributed by atoms with Crippen molar-refractivity contribution in [2.24, 2.45) is 11.8 Å². The second-order valence-electron chi connectivity index (χ2n) is 6.41. The van der Waals surface area contributed by atoms with Crippen molar-refractivity contribution in [2.75, 3.05) is 11.9 Å². The van der Waals surface area contributed by atoms with Crippen LogP contribution in [-0.2, 0) is 14.4 Å². The first-order valence-electron chi connectivity index (χ1n) is 8.23. The minimum atomic E-state index is -0.422. The molecule has 4 rings (SSSR count). The Morgan fingerprint density at radius 3 is 2.50 bits per heavy atom. The van der Waals surface area contributed by atoms with Gasteiger partial charge >= 0.3 is 0 Å². The van der Waals surface area contributed by atoms with Crippen molar-refractivity contribution in [1.82, 2.24) is 14.9 Å². The highest BCUT2D eigenvalue weighted by Crippen LogP contribution is 2.37. The number of anilines is 1. The number of imide groups is 1. The van der Waals surface area contributed by atoms with E-state index in [0.29, 0.717) is 5.95 Å². The number of H-pyrrole nitrogens is 1. The molecule has 1 aromatic heterocycles. The Hall–Kier alpha value is -2.70. The van der Waals surface area contributed by atoms with Gasteiger partial charge < -0.3 is 4.98 Å². The number of likely N-dealkylation sites (tertiary alicyclic amines) is 1. The number of carbonyl (C=O) groups excluding carboxylic acids is 3. The van der Waals surface area contributed by atoms with Gasteiger partial charge in [0, 0.05) is 0 Å². The maximum absolute atomic E-state index is 12.4. The molecule has 2 aliphatic rings. The lowest BCUT2D eigenvalue weighted by molar-refractivity contribution is -0.142. The van der Waals surface area contributed by atoms with Crippen molar-refractivity contribution in [3.63, 3.8) is 0 Å². The Morgan fingerprint density at radius 1 is 1.17 bits per heavy atom. The van der Waals surface area contributed by atoms with Crippen molar-refractivity contribution in [2.45, 2.75) is 25.7 Å². The zero-order chi connectivity index (χ0) is 16.7. The zero-order valence-corrected chi connectivity index (χ0v) is 13.1. The van der Waals surface area contributed by atoms with Gasteiger partial charge in [0.25, 0.3) is 0 Å². The lowest BCUT2D eigenvalue weighted by atomic mass is 9.81. The second-order valence-corrected chi connectivity index (χ2v) is 6.41. The summed E-state index contributed by atoms with van der Waals surface area (Å²) in [5, 5.41) is 2.63. The minimum absolute atomic E-state index is 0.204. The van der Waals surface area contributed by atoms with E-state index in [-0.39, 0.29) is 30.2 Å². The largest absolute Gasteiger partial charge is 0.324 e. The van der Waals surface area contributed by atoms with E-state index in [1.54, 1.807) is 0 Å². The number of aromatic amines is 1. The normalized spacial score (nSPS) is 23.6. The number of carbonyl (C=O) groups is 3. The van der Waals surface area contributed by atoms with Crippen LogP contribution in [0.4, 0.5) is 5.95 Å². The predicted octanol–water partition coefficient (Wildman–Crippen LogP) is 1.68. The third kappa shape index (κ3) is 2.46. The van der Waals surface area contributed by atoms with Crippen LogP contribution in [-0.4, -0.2) is 39.1 Å². The molecule has 3 amide bonds. The van der Waals surface area contributed by atoms with Crippen LogP contribution in [0.1, 0.15) is 25.7 Å². The molecule has 2 N–H and O–H groups in total. The highest BCUT2D eigenvalue weighted by Gasteiger charge is 2.48. The summed E-state index contributed by atoms with van der Waals surface area (Å²) in [6.07, 6.45) is 3.44. The third-order valence-electron chi connectivity index (χ3n) is 4.88. The summed E-state index contributed by atoms with van der Waals surface area (Å²) in [5.74, 6) is -0.975. The quantitative estimate of drug-likeness (QED) is 0.839. The lowest BCUT2D eigenvalue weighted by Crippen LogP contribution is -2.38. The summed E-state index contributed by atoms with van der Waals surface area (Å²) in [7, 11) is 0. The maximum atomic E-state index is 12.4. The van der Waals surface area contributed by atoms with Crippen molar-refractivity contribution < 1.29 is 14.4 Å². The molecule has 2 aromatic rings. The van der Waals surface area contributed by atoms with Crippen LogP contribution in [0.2, 0.25) is 0 Å². The molecule has 1 saturated heterocycles. The van der Waals surface area contributed by atoms with Crippen molar-refractivity contribution >= 4 is 34.7 Å². The average Bonchev–Trinajstić information content (AvgIpc) is 3.09. The molecule has 7 nitrogen and oxygen atoms in total. The number of aromatic nitrogens is 2. The Labute approximate surface area is 138 Å². The van der Waals surface area contributed by atoms with Crippen LogP contribution >= 0.6 is 0 Å². The molecule has 7 heteroatoms. The summed E-state index contributed by atoms with van der Waals surface area (Å²) < 4.78 is 0. The van der Waals surface area contributed by atoms with E-state index in [4.69, 9.17) is 0 Å². The summed E-state index contributed by atoms with van der Waals surface area (Å²) in [6, 6.07) is 7.42.